The summed E-state index contributed by atoms with van der Waals surface area (Å²) >= 11 is 0. The Balaban J connectivity index is 3.08. The Kier molecular flexibility index (Phi) is 6.04. The number of halogens is 1. The van der Waals surface area contributed by atoms with Crippen LogP contribution >= 0.6 is 10.7 Å². The second-order valence-electron chi connectivity index (χ2n) is 4.47. The molecule has 1 aromatic rings. The molecule has 8 heteroatoms. The molecule has 0 saturated heterocycles. The number of hydrogen-bond donors (Lipinski definition) is 1. The average molecular weight is 323 g/mol. The number of ether oxygens (including phenoxy) is 1. The maximum atomic E-state index is 12.1. The highest BCUT2D eigenvalue weighted by Gasteiger charge is 2.20. The summed E-state index contributed by atoms with van der Waals surface area (Å²) in [4.78, 5) is 12.0. The van der Waals surface area contributed by atoms with Crippen LogP contribution in [0.5, 0.6) is 0 Å². The highest BCUT2D eigenvalue weighted by atomic mass is 35.7. The zero-order valence-electron chi connectivity index (χ0n) is 11.7. The molecule has 0 aliphatic rings. The number of nitrogens with one attached hydrogen (secondary N) is 1. The van der Waals surface area contributed by atoms with Crippen LogP contribution in [0.4, 0.5) is 0 Å². The number of amides is 1. The Bertz CT molecular complexity index is 568. The Morgan fingerprint density at radius 1 is 1.55 bits per heavy atom. The van der Waals surface area contributed by atoms with E-state index in [1.807, 2.05) is 13.8 Å². The molecule has 1 amide bonds. The highest BCUT2D eigenvalue weighted by Crippen LogP contribution is 2.19. The molecule has 1 atom stereocenters. The summed E-state index contributed by atoms with van der Waals surface area (Å²) < 4.78 is 29.2. The molecule has 1 rings (SSSR count). The molecule has 1 unspecified atom stereocenters. The van der Waals surface area contributed by atoms with Gasteiger partial charge in [0.05, 0.1) is 6.61 Å². The number of aromatic nitrogens is 1. The summed E-state index contributed by atoms with van der Waals surface area (Å²) in [7, 11) is 2.97. The van der Waals surface area contributed by atoms with Crippen molar-refractivity contribution in [2.24, 2.45) is 0 Å². The van der Waals surface area contributed by atoms with E-state index in [1.165, 1.54) is 23.9 Å². The molecule has 1 heterocycles. The third kappa shape index (κ3) is 4.50. The Morgan fingerprint density at radius 2 is 2.20 bits per heavy atom. The van der Waals surface area contributed by atoms with Gasteiger partial charge in [-0.25, -0.2) is 8.42 Å². The van der Waals surface area contributed by atoms with Crippen LogP contribution in [0.1, 0.15) is 30.8 Å². The van der Waals surface area contributed by atoms with Crippen LogP contribution < -0.4 is 5.32 Å². The van der Waals surface area contributed by atoms with Crippen LogP contribution in [0.25, 0.3) is 0 Å². The van der Waals surface area contributed by atoms with Crippen LogP contribution in [0.2, 0.25) is 0 Å². The third-order valence-corrected chi connectivity index (χ3v) is 4.23. The molecule has 0 aliphatic carbocycles. The molecular weight excluding hydrogens is 304 g/mol. The number of nitrogens with zero attached hydrogens (tertiary/aromatic N) is 1. The predicted molar refractivity (Wildman–Crippen MR) is 76.6 cm³/mol. The van der Waals surface area contributed by atoms with E-state index >= 15 is 0 Å². The van der Waals surface area contributed by atoms with E-state index < -0.39 is 9.05 Å². The van der Waals surface area contributed by atoms with Gasteiger partial charge in [-0.15, -0.1) is 0 Å². The summed E-state index contributed by atoms with van der Waals surface area (Å²) in [5.74, 6) is -0.331. The van der Waals surface area contributed by atoms with Gasteiger partial charge >= 0.3 is 0 Å². The lowest BCUT2D eigenvalue weighted by Crippen LogP contribution is -2.33. The largest absolute Gasteiger partial charge is 0.383 e. The molecule has 0 spiro atoms. The van der Waals surface area contributed by atoms with Crippen LogP contribution in [-0.4, -0.2) is 38.7 Å². The van der Waals surface area contributed by atoms with Crippen molar-refractivity contribution in [1.29, 1.82) is 0 Å². The van der Waals surface area contributed by atoms with Crippen molar-refractivity contribution < 1.29 is 17.9 Å². The monoisotopic (exact) mass is 322 g/mol. The lowest BCUT2D eigenvalue weighted by molar-refractivity contribution is 0.0927. The van der Waals surface area contributed by atoms with Gasteiger partial charge in [0.1, 0.15) is 10.6 Å². The van der Waals surface area contributed by atoms with Crippen molar-refractivity contribution in [3.63, 3.8) is 0 Å². The maximum Gasteiger partial charge on any atom is 0.268 e. The highest BCUT2D eigenvalue weighted by molar-refractivity contribution is 8.13. The fourth-order valence-electron chi connectivity index (χ4n) is 1.58. The van der Waals surface area contributed by atoms with E-state index in [9.17, 15) is 13.2 Å². The first-order chi connectivity index (χ1) is 9.29. The van der Waals surface area contributed by atoms with Gasteiger partial charge in [0, 0.05) is 36.6 Å². The molecule has 0 saturated carbocycles. The SMILES string of the molecule is CCC(C)NC(=O)c1cc(S(=O)(=O)Cl)cn1CCOC. The normalized spacial score (nSPS) is 13.2. The van der Waals surface area contributed by atoms with E-state index in [1.54, 1.807) is 0 Å². The first kappa shape index (κ1) is 17.0. The Morgan fingerprint density at radius 3 is 2.70 bits per heavy atom. The van der Waals surface area contributed by atoms with E-state index in [0.717, 1.165) is 6.42 Å². The second-order valence-corrected chi connectivity index (χ2v) is 7.03. The number of carbonyl (C=O) groups is 1. The van der Waals surface area contributed by atoms with E-state index in [-0.39, 0.29) is 22.5 Å². The fraction of sp³-hybridized carbons (Fsp3) is 0.583. The molecule has 1 aromatic heterocycles. The summed E-state index contributed by atoms with van der Waals surface area (Å²) in [6.07, 6.45) is 2.12. The summed E-state index contributed by atoms with van der Waals surface area (Å²) in [5.41, 5.74) is 0.251. The van der Waals surface area contributed by atoms with E-state index in [4.69, 9.17) is 15.4 Å². The van der Waals surface area contributed by atoms with Crippen molar-refractivity contribution >= 4 is 25.6 Å². The lowest BCUT2D eigenvalue weighted by atomic mass is 10.2. The van der Waals surface area contributed by atoms with Crippen LogP contribution in [0.15, 0.2) is 17.2 Å². The third-order valence-electron chi connectivity index (χ3n) is 2.91. The molecule has 0 aliphatic heterocycles. The zero-order valence-corrected chi connectivity index (χ0v) is 13.3. The molecular formula is C12H19ClN2O4S. The van der Waals surface area contributed by atoms with Gasteiger partial charge < -0.3 is 14.6 Å². The van der Waals surface area contributed by atoms with E-state index in [2.05, 4.69) is 5.32 Å². The molecule has 0 fully saturated rings. The molecule has 6 nitrogen and oxygen atoms in total. The van der Waals surface area contributed by atoms with Crippen molar-refractivity contribution in [3.8, 4) is 0 Å². The maximum absolute atomic E-state index is 12.1. The second kappa shape index (κ2) is 7.10. The number of rotatable bonds is 7. The number of hydrogen-bond acceptors (Lipinski definition) is 4. The van der Waals surface area contributed by atoms with Gasteiger partial charge in [-0.05, 0) is 19.4 Å². The Labute approximate surface area is 123 Å². The molecule has 1 N–H and O–H groups in total. The Hall–Kier alpha value is -1.05. The summed E-state index contributed by atoms with van der Waals surface area (Å²) in [6, 6.07) is 1.28. The van der Waals surface area contributed by atoms with Crippen molar-refractivity contribution in [1.82, 2.24) is 9.88 Å². The topological polar surface area (TPSA) is 77.4 Å². The van der Waals surface area contributed by atoms with Crippen molar-refractivity contribution in [2.75, 3.05) is 13.7 Å². The summed E-state index contributed by atoms with van der Waals surface area (Å²) in [6.45, 7) is 4.55. The quantitative estimate of drug-likeness (QED) is 0.773. The van der Waals surface area contributed by atoms with Gasteiger partial charge in [0.2, 0.25) is 0 Å². The average Bonchev–Trinajstić information content (AvgIpc) is 2.80. The zero-order chi connectivity index (χ0) is 15.3. The fourth-order valence-corrected chi connectivity index (χ4v) is 2.34. The first-order valence-corrected chi connectivity index (χ1v) is 8.55. The lowest BCUT2D eigenvalue weighted by Gasteiger charge is -2.13. The minimum Gasteiger partial charge on any atom is -0.383 e. The summed E-state index contributed by atoms with van der Waals surface area (Å²) in [5, 5.41) is 2.79. The smallest absolute Gasteiger partial charge is 0.268 e. The predicted octanol–water partition coefficient (Wildman–Crippen LogP) is 1.59. The first-order valence-electron chi connectivity index (χ1n) is 6.24. The standard InChI is InChI=1S/C12H19ClN2O4S/c1-4-9(2)14-12(16)11-7-10(20(13,17)18)8-15(11)5-6-19-3/h7-9H,4-6H2,1-3H3,(H,14,16). The van der Waals surface area contributed by atoms with Crippen LogP contribution in [0, 0.1) is 0 Å². The molecule has 0 radical (unpaired) electrons. The molecule has 20 heavy (non-hydrogen) atoms. The van der Waals surface area contributed by atoms with Gasteiger partial charge in [0.15, 0.2) is 0 Å². The van der Waals surface area contributed by atoms with Crippen molar-refractivity contribution in [3.05, 3.63) is 18.0 Å². The molecule has 0 bridgehead atoms. The number of methoxy groups -OCH3 is 1. The van der Waals surface area contributed by atoms with Gasteiger partial charge in [-0.2, -0.15) is 0 Å². The molecule has 114 valence electrons. The van der Waals surface area contributed by atoms with E-state index in [0.29, 0.717) is 13.2 Å². The molecule has 0 aromatic carbocycles. The van der Waals surface area contributed by atoms with Crippen LogP contribution in [-0.2, 0) is 20.3 Å². The minimum absolute atomic E-state index is 0.00401. The van der Waals surface area contributed by atoms with Crippen LogP contribution in [0.3, 0.4) is 0 Å². The van der Waals surface area contributed by atoms with Gasteiger partial charge in [0.25, 0.3) is 15.0 Å². The van der Waals surface area contributed by atoms with Crippen molar-refractivity contribution in [2.45, 2.75) is 37.8 Å². The van der Waals surface area contributed by atoms with Gasteiger partial charge in [-0.3, -0.25) is 4.79 Å². The van der Waals surface area contributed by atoms with Gasteiger partial charge in [-0.1, -0.05) is 6.92 Å². The minimum atomic E-state index is -3.87. The number of carbonyl (C=O) groups excluding carboxylic acids is 1.